The van der Waals surface area contributed by atoms with Crippen LogP contribution in [0.5, 0.6) is 0 Å². The third-order valence-electron chi connectivity index (χ3n) is 9.39. The van der Waals surface area contributed by atoms with Gasteiger partial charge in [0.1, 0.15) is 17.8 Å². The Hall–Kier alpha value is -3.33. The number of rotatable bonds is 16. The molecule has 0 spiro atoms. The summed E-state index contributed by atoms with van der Waals surface area (Å²) in [6, 6.07) is 0. The van der Waals surface area contributed by atoms with Crippen molar-refractivity contribution in [2.24, 2.45) is 5.92 Å². The van der Waals surface area contributed by atoms with Crippen LogP contribution in [-0.4, -0.2) is 103 Å². The van der Waals surface area contributed by atoms with Crippen LogP contribution in [0, 0.1) is 5.92 Å². The highest BCUT2D eigenvalue weighted by molar-refractivity contribution is 5.88. The van der Waals surface area contributed by atoms with Gasteiger partial charge in [0.25, 0.3) is 0 Å². The second-order valence-electron chi connectivity index (χ2n) is 13.1. The molecule has 0 saturated heterocycles. The highest BCUT2D eigenvalue weighted by atomic mass is 16.6. The molecule has 1 fully saturated rings. The second-order valence-corrected chi connectivity index (χ2v) is 13.1. The number of carboxylic acids is 1. The molecule has 0 radical (unpaired) electrons. The van der Waals surface area contributed by atoms with Crippen LogP contribution in [0.3, 0.4) is 0 Å². The second kappa shape index (κ2) is 16.9. The molecule has 0 bridgehead atoms. The predicted molar refractivity (Wildman–Crippen MR) is 169 cm³/mol. The van der Waals surface area contributed by atoms with Crippen molar-refractivity contribution in [2.45, 2.75) is 147 Å². The molecule has 48 heavy (non-hydrogen) atoms. The number of allylic oxidation sites excluding steroid dienone is 1. The van der Waals surface area contributed by atoms with E-state index in [1.54, 1.807) is 13.8 Å². The molecule has 1 saturated carbocycles. The number of ether oxygens (including phenoxy) is 4. The van der Waals surface area contributed by atoms with E-state index in [2.05, 4.69) is 0 Å². The van der Waals surface area contributed by atoms with Crippen LogP contribution in [0.1, 0.15) is 106 Å². The Labute approximate surface area is 281 Å². The Balaban J connectivity index is 2.82. The molecule has 0 aliphatic heterocycles. The molecule has 0 aromatic rings. The number of hydrogen-bond acceptors (Lipinski definition) is 13. The zero-order valence-corrected chi connectivity index (χ0v) is 28.9. The van der Waals surface area contributed by atoms with Gasteiger partial charge in [-0.1, -0.05) is 32.3 Å². The molecule has 272 valence electrons. The van der Waals surface area contributed by atoms with Gasteiger partial charge in [-0.25, -0.2) is 9.59 Å². The Morgan fingerprint density at radius 2 is 1.56 bits per heavy atom. The van der Waals surface area contributed by atoms with Crippen LogP contribution in [0.25, 0.3) is 0 Å². The molecular formula is C34H52O14. The summed E-state index contributed by atoms with van der Waals surface area (Å²) in [4.78, 5) is 64.2. The molecule has 2 aliphatic carbocycles. The molecule has 0 aromatic carbocycles. The quantitative estimate of drug-likeness (QED) is 0.0518. The topological polar surface area (TPSA) is 223 Å². The lowest BCUT2D eigenvalue weighted by Crippen LogP contribution is -2.70. The van der Waals surface area contributed by atoms with Gasteiger partial charge in [0, 0.05) is 38.4 Å². The lowest BCUT2D eigenvalue weighted by Gasteiger charge is -2.45. The van der Waals surface area contributed by atoms with Crippen molar-refractivity contribution in [3.8, 4) is 0 Å². The molecule has 14 heteroatoms. The van der Waals surface area contributed by atoms with Crippen molar-refractivity contribution in [1.82, 2.24) is 0 Å². The molecule has 14 nitrogen and oxygen atoms in total. The van der Waals surface area contributed by atoms with Gasteiger partial charge < -0.3 is 44.5 Å². The van der Waals surface area contributed by atoms with Crippen LogP contribution in [0.2, 0.25) is 0 Å². The van der Waals surface area contributed by atoms with Crippen LogP contribution >= 0.6 is 0 Å². The monoisotopic (exact) mass is 684 g/mol. The maximum absolute atomic E-state index is 13.3. The van der Waals surface area contributed by atoms with Gasteiger partial charge >= 0.3 is 29.8 Å². The normalized spacial score (nSPS) is 30.1. The van der Waals surface area contributed by atoms with Gasteiger partial charge in [-0.2, -0.15) is 0 Å². The highest BCUT2D eigenvalue weighted by Gasteiger charge is 2.71. The number of aliphatic carboxylic acids is 1. The minimum atomic E-state index is -3.17. The Morgan fingerprint density at radius 1 is 0.979 bits per heavy atom. The first-order valence-electron chi connectivity index (χ1n) is 16.4. The van der Waals surface area contributed by atoms with Gasteiger partial charge in [-0.15, -0.1) is 0 Å². The Kier molecular flexibility index (Phi) is 14.3. The van der Waals surface area contributed by atoms with Gasteiger partial charge in [0.2, 0.25) is 0 Å². The van der Waals surface area contributed by atoms with Crippen molar-refractivity contribution < 1.29 is 68.5 Å². The maximum Gasteiger partial charge on any atom is 0.338 e. The summed E-state index contributed by atoms with van der Waals surface area (Å²) >= 11 is 0. The number of hydrogen-bond donors (Lipinski definition) is 5. The van der Waals surface area contributed by atoms with E-state index in [1.165, 1.54) is 26.8 Å². The van der Waals surface area contributed by atoms with Gasteiger partial charge in [-0.3, -0.25) is 14.4 Å². The predicted octanol–water partition coefficient (Wildman–Crippen LogP) is 2.42. The van der Waals surface area contributed by atoms with Crippen LogP contribution in [0.4, 0.5) is 0 Å². The fourth-order valence-electron chi connectivity index (χ4n) is 6.61. The zero-order chi connectivity index (χ0) is 36.6. The van der Waals surface area contributed by atoms with E-state index >= 15 is 0 Å². The summed E-state index contributed by atoms with van der Waals surface area (Å²) in [5.41, 5.74) is -8.19. The number of aliphatic hydroxyl groups excluding tert-OH is 2. The average Bonchev–Trinajstić information content (AvgIpc) is 3.23. The largest absolute Gasteiger partial charge is 0.479 e. The fourth-order valence-corrected chi connectivity index (χ4v) is 6.61. The summed E-state index contributed by atoms with van der Waals surface area (Å²) in [5.74, 6) is -6.57. The molecular weight excluding hydrogens is 632 g/mol. The van der Waals surface area contributed by atoms with Crippen molar-refractivity contribution in [3.05, 3.63) is 22.8 Å². The van der Waals surface area contributed by atoms with E-state index in [9.17, 15) is 44.4 Å². The first kappa shape index (κ1) is 40.8. The molecule has 0 aromatic heterocycles. The summed E-state index contributed by atoms with van der Waals surface area (Å²) in [5, 5.41) is 54.6. The minimum absolute atomic E-state index is 0.0464. The Morgan fingerprint density at radius 3 is 2.10 bits per heavy atom. The third-order valence-corrected chi connectivity index (χ3v) is 9.39. The van der Waals surface area contributed by atoms with Crippen molar-refractivity contribution in [1.29, 1.82) is 0 Å². The maximum atomic E-state index is 13.3. The van der Waals surface area contributed by atoms with E-state index in [0.717, 1.165) is 26.7 Å². The van der Waals surface area contributed by atoms with Crippen LogP contribution in [-0.2, 0) is 42.9 Å². The van der Waals surface area contributed by atoms with Crippen LogP contribution < -0.4 is 0 Å². The van der Waals surface area contributed by atoms with Crippen molar-refractivity contribution in [2.75, 3.05) is 6.61 Å². The summed E-state index contributed by atoms with van der Waals surface area (Å²) in [7, 11) is 0. The van der Waals surface area contributed by atoms with Crippen molar-refractivity contribution >= 4 is 29.8 Å². The molecule has 8 atom stereocenters. The van der Waals surface area contributed by atoms with E-state index in [-0.39, 0.29) is 36.2 Å². The lowest BCUT2D eigenvalue weighted by atomic mass is 9.73. The SMILES string of the molecule is C/C=C(/C)C(=O)O[C@H]1C(C)=C2[C@H]([C@@H]1OC(=O)CCCCCCCO)[C@@](C)(OC(C)=O)C[C@H](OC(=O)CCC)[C@](O)([C@](C)(O)C(=O)O)[C@H]2O. The molecule has 2 aliphatic rings. The number of aliphatic hydroxyl groups is 4. The Bertz CT molecular complexity index is 1270. The van der Waals surface area contributed by atoms with Gasteiger partial charge in [0.15, 0.2) is 23.4 Å². The van der Waals surface area contributed by atoms with Gasteiger partial charge in [-0.05, 0) is 65.0 Å². The fraction of sp³-hybridized carbons (Fsp3) is 0.735. The molecule has 2 rings (SSSR count). The summed E-state index contributed by atoms with van der Waals surface area (Å²) < 4.78 is 23.1. The molecule has 5 N–H and O–H groups in total. The number of unbranched alkanes of at least 4 members (excludes halogenated alkanes) is 4. The van der Waals surface area contributed by atoms with E-state index in [4.69, 9.17) is 24.1 Å². The third kappa shape index (κ3) is 8.63. The lowest BCUT2D eigenvalue weighted by molar-refractivity contribution is -0.247. The smallest absolute Gasteiger partial charge is 0.338 e. The number of carbonyl (C=O) groups excluding carboxylic acids is 4. The number of esters is 4. The highest BCUT2D eigenvalue weighted by Crippen LogP contribution is 2.54. The minimum Gasteiger partial charge on any atom is -0.479 e. The van der Waals surface area contributed by atoms with Crippen LogP contribution in [0.15, 0.2) is 22.8 Å². The van der Waals surface area contributed by atoms with Crippen molar-refractivity contribution in [3.63, 3.8) is 0 Å². The standard InChI is InChI=1S/C34H52O14/c1-8-15-23(37)45-22-18-32(6,48-21(5)36)26-25(29(39)34(22,44)33(7,43)31(41)42)20(4)27(47-30(40)19(3)9-2)28(26)46-24(38)16-13-11-10-12-14-17-35/h9,22,26-29,35,39,43-44H,8,10-18H2,1-7H3,(H,41,42)/b19-9-/t22-,26+,27-,28-,29-,32-,33+,34+/m0/s1. The van der Waals surface area contributed by atoms with E-state index < -0.39 is 83.4 Å². The number of carboxylic acid groups (broad SMARTS) is 1. The molecule has 0 heterocycles. The summed E-state index contributed by atoms with van der Waals surface area (Å²) in [6.45, 7) is 9.45. The average molecular weight is 685 g/mol. The first-order chi connectivity index (χ1) is 22.3. The molecule has 0 amide bonds. The molecule has 0 unspecified atom stereocenters. The first-order valence-corrected chi connectivity index (χ1v) is 16.4. The summed E-state index contributed by atoms with van der Waals surface area (Å²) in [6.07, 6.45) is -2.94. The number of carbonyl (C=O) groups is 5. The van der Waals surface area contributed by atoms with E-state index in [1.807, 2.05) is 0 Å². The number of fused-ring (bicyclic) bond motifs is 1. The van der Waals surface area contributed by atoms with E-state index in [0.29, 0.717) is 25.7 Å². The van der Waals surface area contributed by atoms with Gasteiger partial charge in [0.05, 0.1) is 5.92 Å². The zero-order valence-electron chi connectivity index (χ0n) is 28.9.